The van der Waals surface area contributed by atoms with Gasteiger partial charge in [0.15, 0.2) is 0 Å². The molecule has 132 valence electrons. The Labute approximate surface area is 152 Å². The highest BCUT2D eigenvalue weighted by molar-refractivity contribution is 5.85. The zero-order chi connectivity index (χ0) is 15.2. The largest absolute Gasteiger partial charge is 0.340 e. The Morgan fingerprint density at radius 2 is 1.78 bits per heavy atom. The van der Waals surface area contributed by atoms with Crippen LogP contribution in [-0.2, 0) is 11.3 Å². The summed E-state index contributed by atoms with van der Waals surface area (Å²) in [6, 6.07) is 8.62. The number of halogens is 2. The van der Waals surface area contributed by atoms with Gasteiger partial charge in [0, 0.05) is 45.2 Å². The van der Waals surface area contributed by atoms with Gasteiger partial charge in [0.1, 0.15) is 0 Å². The Bertz CT molecular complexity index is 475. The summed E-state index contributed by atoms with van der Waals surface area (Å²) >= 11 is 0. The lowest BCUT2D eigenvalue weighted by Crippen LogP contribution is -2.48. The summed E-state index contributed by atoms with van der Waals surface area (Å²) in [6.45, 7) is 8.68. The molecule has 2 rings (SSSR count). The van der Waals surface area contributed by atoms with Crippen molar-refractivity contribution in [2.75, 3.05) is 26.2 Å². The lowest BCUT2D eigenvalue weighted by Gasteiger charge is -2.35. The lowest BCUT2D eigenvalue weighted by atomic mass is 10.1. The molecule has 0 saturated carbocycles. The van der Waals surface area contributed by atoms with E-state index >= 15 is 0 Å². The van der Waals surface area contributed by atoms with Crippen LogP contribution >= 0.6 is 24.8 Å². The summed E-state index contributed by atoms with van der Waals surface area (Å²) in [5.41, 5.74) is 8.44. The third kappa shape index (κ3) is 7.08. The van der Waals surface area contributed by atoms with Crippen LogP contribution in [0, 0.1) is 6.92 Å². The van der Waals surface area contributed by atoms with Crippen molar-refractivity contribution in [1.29, 1.82) is 0 Å². The van der Waals surface area contributed by atoms with Gasteiger partial charge in [-0.3, -0.25) is 9.69 Å². The normalized spacial score (nSPS) is 16.2. The van der Waals surface area contributed by atoms with E-state index in [9.17, 15) is 4.79 Å². The highest BCUT2D eigenvalue weighted by Crippen LogP contribution is 2.13. The van der Waals surface area contributed by atoms with Gasteiger partial charge in [0.25, 0.3) is 0 Å². The van der Waals surface area contributed by atoms with Crippen molar-refractivity contribution in [1.82, 2.24) is 9.80 Å². The smallest absolute Gasteiger partial charge is 0.222 e. The third-order valence-electron chi connectivity index (χ3n) is 4.19. The Kier molecular flexibility index (Phi) is 10.5. The van der Waals surface area contributed by atoms with Gasteiger partial charge < -0.3 is 10.6 Å². The highest BCUT2D eigenvalue weighted by atomic mass is 35.5. The molecule has 4 nitrogen and oxygen atoms in total. The van der Waals surface area contributed by atoms with E-state index in [-0.39, 0.29) is 36.8 Å². The molecule has 0 spiro atoms. The molecular weight excluding hydrogens is 333 g/mol. The van der Waals surface area contributed by atoms with Crippen LogP contribution in [0.25, 0.3) is 0 Å². The molecule has 1 atom stereocenters. The predicted molar refractivity (Wildman–Crippen MR) is 100 cm³/mol. The van der Waals surface area contributed by atoms with Crippen LogP contribution in [0.3, 0.4) is 0 Å². The van der Waals surface area contributed by atoms with Crippen LogP contribution < -0.4 is 5.73 Å². The molecule has 1 aromatic carbocycles. The highest BCUT2D eigenvalue weighted by Gasteiger charge is 2.21. The van der Waals surface area contributed by atoms with Crippen LogP contribution in [0.2, 0.25) is 0 Å². The molecule has 0 bridgehead atoms. The van der Waals surface area contributed by atoms with Crippen LogP contribution in [0.4, 0.5) is 0 Å². The van der Waals surface area contributed by atoms with Gasteiger partial charge in [-0.15, -0.1) is 24.8 Å². The molecule has 2 N–H and O–H groups in total. The monoisotopic (exact) mass is 361 g/mol. The summed E-state index contributed by atoms with van der Waals surface area (Å²) < 4.78 is 0. The first-order valence-corrected chi connectivity index (χ1v) is 7.86. The zero-order valence-electron chi connectivity index (χ0n) is 14.0. The fourth-order valence-electron chi connectivity index (χ4n) is 2.69. The molecule has 1 aromatic rings. The number of amides is 1. The number of carbonyl (C=O) groups is 1. The van der Waals surface area contributed by atoms with E-state index < -0.39 is 0 Å². The van der Waals surface area contributed by atoms with Crippen molar-refractivity contribution in [2.24, 2.45) is 5.73 Å². The average molecular weight is 362 g/mol. The zero-order valence-corrected chi connectivity index (χ0v) is 15.7. The number of aryl methyl sites for hydroxylation is 1. The maximum absolute atomic E-state index is 12.1. The molecule has 1 aliphatic rings. The van der Waals surface area contributed by atoms with Gasteiger partial charge in [-0.05, 0) is 31.4 Å². The van der Waals surface area contributed by atoms with E-state index in [1.54, 1.807) is 0 Å². The molecular formula is C17H29Cl2N3O. The standard InChI is InChI=1S/C17H27N3O.2ClH/c1-14-5-3-4-6-16(14)13-19-9-11-20(12-10-19)17(21)8-7-15(2)18;;/h3-6,15H,7-13,18H2,1-2H3;2*1H. The maximum atomic E-state index is 12.1. The van der Waals surface area contributed by atoms with Crippen LogP contribution in [0.1, 0.15) is 30.9 Å². The Morgan fingerprint density at radius 3 is 2.35 bits per heavy atom. The van der Waals surface area contributed by atoms with Crippen LogP contribution in [-0.4, -0.2) is 47.9 Å². The number of nitrogens with zero attached hydrogens (tertiary/aromatic N) is 2. The van der Waals surface area contributed by atoms with E-state index in [0.29, 0.717) is 6.42 Å². The molecule has 1 fully saturated rings. The quantitative estimate of drug-likeness (QED) is 0.876. The molecule has 1 unspecified atom stereocenters. The topological polar surface area (TPSA) is 49.6 Å². The van der Waals surface area contributed by atoms with Gasteiger partial charge >= 0.3 is 0 Å². The average Bonchev–Trinajstić information content (AvgIpc) is 2.48. The van der Waals surface area contributed by atoms with Crippen molar-refractivity contribution in [3.05, 3.63) is 35.4 Å². The first-order valence-electron chi connectivity index (χ1n) is 7.86. The van der Waals surface area contributed by atoms with E-state index in [0.717, 1.165) is 39.1 Å². The number of hydrogen-bond acceptors (Lipinski definition) is 3. The SMILES string of the molecule is Cc1ccccc1CN1CCN(C(=O)CCC(C)N)CC1.Cl.Cl. The number of benzene rings is 1. The second kappa shape index (κ2) is 10.9. The van der Waals surface area contributed by atoms with Crippen molar-refractivity contribution in [3.8, 4) is 0 Å². The minimum atomic E-state index is 0. The summed E-state index contributed by atoms with van der Waals surface area (Å²) in [5, 5.41) is 0. The van der Waals surface area contributed by atoms with E-state index in [4.69, 9.17) is 5.73 Å². The number of nitrogens with two attached hydrogens (primary N) is 1. The number of carbonyl (C=O) groups excluding carboxylic acids is 1. The Hall–Kier alpha value is -0.810. The molecule has 1 heterocycles. The number of piperazine rings is 1. The molecule has 1 amide bonds. The first kappa shape index (κ1) is 22.2. The van der Waals surface area contributed by atoms with Crippen molar-refractivity contribution < 1.29 is 4.79 Å². The fourth-order valence-corrected chi connectivity index (χ4v) is 2.69. The minimum absolute atomic E-state index is 0. The molecule has 6 heteroatoms. The molecule has 1 aliphatic heterocycles. The van der Waals surface area contributed by atoms with E-state index in [2.05, 4.69) is 36.1 Å². The summed E-state index contributed by atoms with van der Waals surface area (Å²) in [6.07, 6.45) is 1.36. The van der Waals surface area contributed by atoms with Crippen LogP contribution in [0.15, 0.2) is 24.3 Å². The first-order chi connectivity index (χ1) is 10.1. The van der Waals surface area contributed by atoms with Gasteiger partial charge in [-0.25, -0.2) is 0 Å². The van der Waals surface area contributed by atoms with E-state index in [1.807, 2.05) is 11.8 Å². The molecule has 0 aliphatic carbocycles. The van der Waals surface area contributed by atoms with Gasteiger partial charge in [0.05, 0.1) is 0 Å². The summed E-state index contributed by atoms with van der Waals surface area (Å²) in [7, 11) is 0. The van der Waals surface area contributed by atoms with Gasteiger partial charge in [0.2, 0.25) is 5.91 Å². The number of rotatable bonds is 5. The summed E-state index contributed by atoms with van der Waals surface area (Å²) in [4.78, 5) is 16.5. The molecule has 23 heavy (non-hydrogen) atoms. The van der Waals surface area contributed by atoms with Crippen molar-refractivity contribution >= 4 is 30.7 Å². The van der Waals surface area contributed by atoms with Crippen molar-refractivity contribution in [3.63, 3.8) is 0 Å². The van der Waals surface area contributed by atoms with Gasteiger partial charge in [-0.2, -0.15) is 0 Å². The minimum Gasteiger partial charge on any atom is -0.340 e. The second-order valence-electron chi connectivity index (χ2n) is 6.10. The number of hydrogen-bond donors (Lipinski definition) is 1. The predicted octanol–water partition coefficient (Wildman–Crippen LogP) is 2.61. The molecule has 0 radical (unpaired) electrons. The summed E-state index contributed by atoms with van der Waals surface area (Å²) in [5.74, 6) is 0.253. The van der Waals surface area contributed by atoms with Crippen LogP contribution in [0.5, 0.6) is 0 Å². The van der Waals surface area contributed by atoms with Crippen molar-refractivity contribution in [2.45, 2.75) is 39.3 Å². The van der Waals surface area contributed by atoms with E-state index in [1.165, 1.54) is 11.1 Å². The fraction of sp³-hybridized carbons (Fsp3) is 0.588. The Morgan fingerprint density at radius 1 is 1.17 bits per heavy atom. The molecule has 1 saturated heterocycles. The maximum Gasteiger partial charge on any atom is 0.222 e. The third-order valence-corrected chi connectivity index (χ3v) is 4.19. The molecule has 0 aromatic heterocycles. The second-order valence-corrected chi connectivity index (χ2v) is 6.10. The van der Waals surface area contributed by atoms with Gasteiger partial charge in [-0.1, -0.05) is 24.3 Å². The Balaban J connectivity index is 0.00000242. The lowest BCUT2D eigenvalue weighted by molar-refractivity contribution is -0.133.